The van der Waals surface area contributed by atoms with E-state index in [4.69, 9.17) is 0 Å². The number of para-hydroxylation sites is 1. The number of sulfonamides is 1. The predicted molar refractivity (Wildman–Crippen MR) is 80.1 cm³/mol. The van der Waals surface area contributed by atoms with Gasteiger partial charge in [0.2, 0.25) is 10.0 Å². The summed E-state index contributed by atoms with van der Waals surface area (Å²) in [6.45, 7) is 4.15. The molecule has 0 heterocycles. The summed E-state index contributed by atoms with van der Waals surface area (Å²) in [4.78, 5) is 11.6. The van der Waals surface area contributed by atoms with Gasteiger partial charge in [0.1, 0.15) is 0 Å². The molecular weight excluding hydrogens is 278 g/mol. The van der Waals surface area contributed by atoms with Crippen LogP contribution in [0.2, 0.25) is 0 Å². The third-order valence-electron chi connectivity index (χ3n) is 2.48. The number of benzene rings is 1. The van der Waals surface area contributed by atoms with Crippen LogP contribution in [0.25, 0.3) is 0 Å². The lowest BCUT2D eigenvalue weighted by Crippen LogP contribution is -2.39. The largest absolute Gasteiger partial charge is 0.337 e. The molecule has 0 radical (unpaired) electrons. The van der Waals surface area contributed by atoms with Crippen molar-refractivity contribution in [3.05, 3.63) is 43.0 Å². The van der Waals surface area contributed by atoms with Crippen molar-refractivity contribution in [1.29, 1.82) is 0 Å². The Labute approximate surface area is 119 Å². The van der Waals surface area contributed by atoms with Gasteiger partial charge in [0.15, 0.2) is 0 Å². The fourth-order valence-corrected chi connectivity index (χ4v) is 2.33. The van der Waals surface area contributed by atoms with E-state index < -0.39 is 10.0 Å². The first-order chi connectivity index (χ1) is 9.43. The molecule has 1 rings (SSSR count). The number of nitrogens with one attached hydrogen (secondary N) is 2. The van der Waals surface area contributed by atoms with E-state index in [2.05, 4.69) is 17.2 Å². The van der Waals surface area contributed by atoms with Crippen LogP contribution >= 0.6 is 0 Å². The van der Waals surface area contributed by atoms with Crippen molar-refractivity contribution in [3.63, 3.8) is 0 Å². The Morgan fingerprint density at radius 1 is 1.35 bits per heavy atom. The van der Waals surface area contributed by atoms with Crippen LogP contribution in [-0.4, -0.2) is 44.6 Å². The summed E-state index contributed by atoms with van der Waals surface area (Å²) in [6, 6.07) is 8.63. The maximum atomic E-state index is 11.6. The average Bonchev–Trinajstić information content (AvgIpc) is 2.37. The number of urea groups is 1. The third-order valence-corrected chi connectivity index (χ3v) is 3.75. The summed E-state index contributed by atoms with van der Waals surface area (Å²) in [6.07, 6.45) is 2.63. The molecule has 0 aromatic heterocycles. The molecule has 110 valence electrons. The minimum atomic E-state index is -3.29. The molecule has 0 atom stereocenters. The molecule has 0 spiro atoms. The molecule has 7 heteroatoms. The Morgan fingerprint density at radius 3 is 2.55 bits per heavy atom. The Morgan fingerprint density at radius 2 is 2.00 bits per heavy atom. The van der Waals surface area contributed by atoms with Gasteiger partial charge in [-0.15, -0.1) is 6.58 Å². The summed E-state index contributed by atoms with van der Waals surface area (Å²) in [7, 11) is -3.29. The van der Waals surface area contributed by atoms with Crippen LogP contribution in [0.15, 0.2) is 43.0 Å². The normalized spacial score (nSPS) is 11.1. The van der Waals surface area contributed by atoms with E-state index in [1.165, 1.54) is 10.4 Å². The second kappa shape index (κ2) is 7.66. The highest BCUT2D eigenvalue weighted by Gasteiger charge is 2.14. The average molecular weight is 297 g/mol. The molecule has 20 heavy (non-hydrogen) atoms. The van der Waals surface area contributed by atoms with Crippen molar-refractivity contribution >= 4 is 21.7 Å². The molecule has 0 saturated carbocycles. The maximum absolute atomic E-state index is 11.6. The lowest BCUT2D eigenvalue weighted by molar-refractivity contribution is 0.251. The van der Waals surface area contributed by atoms with Crippen molar-refractivity contribution in [2.24, 2.45) is 0 Å². The van der Waals surface area contributed by atoms with Gasteiger partial charge < -0.3 is 10.6 Å². The summed E-state index contributed by atoms with van der Waals surface area (Å²) in [5, 5.41) is 5.25. The Bertz CT molecular complexity index is 543. The van der Waals surface area contributed by atoms with Crippen LogP contribution in [0.1, 0.15) is 0 Å². The molecule has 1 aromatic rings. The molecule has 0 fully saturated rings. The highest BCUT2D eigenvalue weighted by Crippen LogP contribution is 2.04. The summed E-state index contributed by atoms with van der Waals surface area (Å²) in [5.74, 6) is 0. The van der Waals surface area contributed by atoms with E-state index >= 15 is 0 Å². The van der Waals surface area contributed by atoms with Gasteiger partial charge in [0, 0.05) is 25.3 Å². The van der Waals surface area contributed by atoms with Crippen molar-refractivity contribution in [2.75, 3.05) is 31.2 Å². The fourth-order valence-electron chi connectivity index (χ4n) is 1.53. The zero-order valence-electron chi connectivity index (χ0n) is 11.4. The number of carbonyl (C=O) groups is 1. The predicted octanol–water partition coefficient (Wildman–Crippen LogP) is 1.26. The second-order valence-electron chi connectivity index (χ2n) is 4.16. The number of nitrogens with zero attached hydrogens (tertiary/aromatic N) is 1. The van der Waals surface area contributed by atoms with E-state index in [1.54, 1.807) is 12.1 Å². The molecule has 0 bridgehead atoms. The van der Waals surface area contributed by atoms with Crippen LogP contribution in [0, 0.1) is 0 Å². The van der Waals surface area contributed by atoms with E-state index in [0.717, 1.165) is 6.26 Å². The van der Waals surface area contributed by atoms with Gasteiger partial charge >= 0.3 is 6.03 Å². The van der Waals surface area contributed by atoms with Crippen LogP contribution < -0.4 is 10.6 Å². The van der Waals surface area contributed by atoms with E-state index in [1.807, 2.05) is 18.2 Å². The first kappa shape index (κ1) is 16.2. The summed E-state index contributed by atoms with van der Waals surface area (Å²) >= 11 is 0. The number of hydrogen-bond donors (Lipinski definition) is 2. The molecule has 0 aliphatic heterocycles. The SMILES string of the molecule is C=CCN(CCNC(=O)Nc1ccccc1)S(C)(=O)=O. The summed E-state index contributed by atoms with van der Waals surface area (Å²) in [5.41, 5.74) is 0.677. The van der Waals surface area contributed by atoms with Crippen LogP contribution in [0.4, 0.5) is 10.5 Å². The molecule has 0 aliphatic rings. The molecule has 0 unspecified atom stereocenters. The number of anilines is 1. The first-order valence-electron chi connectivity index (χ1n) is 6.09. The highest BCUT2D eigenvalue weighted by atomic mass is 32.2. The van der Waals surface area contributed by atoms with Crippen molar-refractivity contribution in [2.45, 2.75) is 0 Å². The van der Waals surface area contributed by atoms with E-state index in [-0.39, 0.29) is 25.7 Å². The number of hydrogen-bond acceptors (Lipinski definition) is 3. The standard InChI is InChI=1S/C13H19N3O3S/c1-3-10-16(20(2,18)19)11-9-14-13(17)15-12-7-5-4-6-8-12/h3-8H,1,9-11H2,2H3,(H2,14,15,17). The molecular formula is C13H19N3O3S. The van der Waals surface area contributed by atoms with Gasteiger partial charge in [-0.1, -0.05) is 24.3 Å². The van der Waals surface area contributed by atoms with E-state index in [9.17, 15) is 13.2 Å². The minimum absolute atomic E-state index is 0.201. The second-order valence-corrected chi connectivity index (χ2v) is 6.14. The summed E-state index contributed by atoms with van der Waals surface area (Å²) < 4.78 is 24.1. The van der Waals surface area contributed by atoms with Crippen molar-refractivity contribution < 1.29 is 13.2 Å². The molecule has 2 N–H and O–H groups in total. The quantitative estimate of drug-likeness (QED) is 0.744. The van der Waals surface area contributed by atoms with Gasteiger partial charge in [-0.25, -0.2) is 13.2 Å². The molecule has 2 amide bonds. The van der Waals surface area contributed by atoms with Gasteiger partial charge in [-0.2, -0.15) is 4.31 Å². The van der Waals surface area contributed by atoms with E-state index in [0.29, 0.717) is 5.69 Å². The minimum Gasteiger partial charge on any atom is -0.337 e. The van der Waals surface area contributed by atoms with Crippen molar-refractivity contribution in [1.82, 2.24) is 9.62 Å². The number of amides is 2. The Hall–Kier alpha value is -1.86. The monoisotopic (exact) mass is 297 g/mol. The molecule has 6 nitrogen and oxygen atoms in total. The molecule has 1 aromatic carbocycles. The third kappa shape index (κ3) is 5.85. The van der Waals surface area contributed by atoms with Crippen molar-refractivity contribution in [3.8, 4) is 0 Å². The molecule has 0 saturated heterocycles. The highest BCUT2D eigenvalue weighted by molar-refractivity contribution is 7.88. The van der Waals surface area contributed by atoms with Crippen LogP contribution in [0.3, 0.4) is 0 Å². The number of carbonyl (C=O) groups excluding carboxylic acids is 1. The Kier molecular flexibility index (Phi) is 6.20. The van der Waals surface area contributed by atoms with Gasteiger partial charge in [0.25, 0.3) is 0 Å². The zero-order valence-corrected chi connectivity index (χ0v) is 12.2. The Balaban J connectivity index is 2.39. The zero-order chi connectivity index (χ0) is 15.0. The fraction of sp³-hybridized carbons (Fsp3) is 0.308. The maximum Gasteiger partial charge on any atom is 0.319 e. The lowest BCUT2D eigenvalue weighted by Gasteiger charge is -2.18. The van der Waals surface area contributed by atoms with Crippen LogP contribution in [0.5, 0.6) is 0 Å². The number of rotatable bonds is 7. The smallest absolute Gasteiger partial charge is 0.319 e. The molecule has 0 aliphatic carbocycles. The van der Waals surface area contributed by atoms with Crippen LogP contribution in [-0.2, 0) is 10.0 Å². The van der Waals surface area contributed by atoms with Gasteiger partial charge in [0.05, 0.1) is 6.26 Å². The lowest BCUT2D eigenvalue weighted by atomic mass is 10.3. The van der Waals surface area contributed by atoms with Gasteiger partial charge in [-0.05, 0) is 12.1 Å². The topological polar surface area (TPSA) is 78.5 Å². The first-order valence-corrected chi connectivity index (χ1v) is 7.94. The van der Waals surface area contributed by atoms with Gasteiger partial charge in [-0.3, -0.25) is 0 Å².